The molecule has 8 heteroatoms. The molecular weight excluding hydrogens is 352 g/mol. The molecule has 1 aliphatic heterocycles. The molecule has 0 aliphatic carbocycles. The van der Waals surface area contributed by atoms with E-state index in [1.165, 1.54) is 4.31 Å². The first kappa shape index (κ1) is 17.3. The van der Waals surface area contributed by atoms with E-state index in [4.69, 9.17) is 20.9 Å². The molecule has 130 valence electrons. The second kappa shape index (κ2) is 6.74. The maximum Gasteiger partial charge on any atom is 0.248 e. The number of benzene rings is 1. The van der Waals surface area contributed by atoms with Crippen LogP contribution in [0.25, 0.3) is 0 Å². The van der Waals surface area contributed by atoms with Crippen molar-refractivity contribution >= 4 is 21.6 Å². The van der Waals surface area contributed by atoms with E-state index in [0.29, 0.717) is 48.2 Å². The molecule has 2 aromatic rings. The molecule has 3 rings (SSSR count). The van der Waals surface area contributed by atoms with Crippen molar-refractivity contribution in [3.8, 4) is 5.75 Å². The van der Waals surface area contributed by atoms with Gasteiger partial charge in [0.05, 0.1) is 0 Å². The largest absolute Gasteiger partial charge is 0.490 e. The van der Waals surface area contributed by atoms with Gasteiger partial charge >= 0.3 is 0 Å². The minimum atomic E-state index is -3.58. The first-order chi connectivity index (χ1) is 11.4. The second-order valence-corrected chi connectivity index (χ2v) is 8.14. The van der Waals surface area contributed by atoms with Crippen LogP contribution in [0.5, 0.6) is 5.75 Å². The fourth-order valence-electron chi connectivity index (χ4n) is 2.90. The van der Waals surface area contributed by atoms with Crippen LogP contribution < -0.4 is 4.74 Å². The van der Waals surface area contributed by atoms with Gasteiger partial charge in [0.25, 0.3) is 0 Å². The topological polar surface area (TPSA) is 72.6 Å². The van der Waals surface area contributed by atoms with E-state index in [0.717, 1.165) is 0 Å². The van der Waals surface area contributed by atoms with Crippen molar-refractivity contribution in [3.05, 3.63) is 40.7 Å². The van der Waals surface area contributed by atoms with Gasteiger partial charge in [0.15, 0.2) is 5.76 Å². The summed E-state index contributed by atoms with van der Waals surface area (Å²) in [6, 6.07) is 7.22. The standard InChI is InChI=1S/C16H19ClN2O4S/c1-11-16(12(2)23-18-11)24(20,21)19-8-6-14(7-9-19)22-15-5-3-4-13(17)10-15/h3-5,10,14H,6-9H2,1-2H3. The monoisotopic (exact) mass is 370 g/mol. The van der Waals surface area contributed by atoms with Crippen LogP contribution in [-0.2, 0) is 10.0 Å². The Kier molecular flexibility index (Phi) is 4.85. The van der Waals surface area contributed by atoms with Crippen LogP contribution in [0.2, 0.25) is 5.02 Å². The first-order valence-electron chi connectivity index (χ1n) is 7.73. The van der Waals surface area contributed by atoms with Crippen molar-refractivity contribution < 1.29 is 17.7 Å². The first-order valence-corrected chi connectivity index (χ1v) is 9.55. The normalized spacial score (nSPS) is 17.1. The van der Waals surface area contributed by atoms with Crippen molar-refractivity contribution in [2.45, 2.75) is 37.7 Å². The van der Waals surface area contributed by atoms with Gasteiger partial charge in [-0.25, -0.2) is 8.42 Å². The summed E-state index contributed by atoms with van der Waals surface area (Å²) in [5.41, 5.74) is 0.393. The highest BCUT2D eigenvalue weighted by molar-refractivity contribution is 7.89. The zero-order valence-electron chi connectivity index (χ0n) is 13.5. The van der Waals surface area contributed by atoms with E-state index in [1.807, 2.05) is 12.1 Å². The third-order valence-electron chi connectivity index (χ3n) is 4.07. The lowest BCUT2D eigenvalue weighted by atomic mass is 10.1. The Morgan fingerprint density at radius 1 is 1.29 bits per heavy atom. The van der Waals surface area contributed by atoms with Gasteiger partial charge in [0.2, 0.25) is 10.0 Å². The molecule has 0 amide bonds. The minimum Gasteiger partial charge on any atom is -0.490 e. The number of halogens is 1. The maximum absolute atomic E-state index is 12.8. The number of rotatable bonds is 4. The Balaban J connectivity index is 1.67. The quantitative estimate of drug-likeness (QED) is 0.826. The number of aryl methyl sites for hydroxylation is 2. The molecule has 1 aromatic heterocycles. The zero-order chi connectivity index (χ0) is 17.3. The Hall–Kier alpha value is -1.57. The number of piperidine rings is 1. The molecule has 0 spiro atoms. The molecule has 0 N–H and O–H groups in total. The number of aromatic nitrogens is 1. The van der Waals surface area contributed by atoms with E-state index in [9.17, 15) is 8.42 Å². The lowest BCUT2D eigenvalue weighted by Crippen LogP contribution is -2.42. The molecule has 0 unspecified atom stereocenters. The van der Waals surface area contributed by atoms with E-state index in [2.05, 4.69) is 5.16 Å². The molecule has 0 radical (unpaired) electrons. The fraction of sp³-hybridized carbons (Fsp3) is 0.438. The predicted molar refractivity (Wildman–Crippen MR) is 89.8 cm³/mol. The third kappa shape index (κ3) is 3.43. The van der Waals surface area contributed by atoms with Crippen molar-refractivity contribution in [2.24, 2.45) is 0 Å². The van der Waals surface area contributed by atoms with E-state index in [1.54, 1.807) is 26.0 Å². The highest BCUT2D eigenvalue weighted by Crippen LogP contribution is 2.27. The van der Waals surface area contributed by atoms with E-state index < -0.39 is 10.0 Å². The van der Waals surface area contributed by atoms with Gasteiger partial charge in [-0.3, -0.25) is 0 Å². The number of hydrogen-bond acceptors (Lipinski definition) is 5. The molecule has 0 atom stereocenters. The SMILES string of the molecule is Cc1noc(C)c1S(=O)(=O)N1CCC(Oc2cccc(Cl)c2)CC1. The second-order valence-electron chi connectivity index (χ2n) is 5.83. The molecule has 2 heterocycles. The van der Waals surface area contributed by atoms with Crippen molar-refractivity contribution in [1.29, 1.82) is 0 Å². The summed E-state index contributed by atoms with van der Waals surface area (Å²) in [6.07, 6.45) is 1.21. The Bertz CT molecular complexity index is 807. The average Bonchev–Trinajstić information content (AvgIpc) is 2.87. The van der Waals surface area contributed by atoms with Gasteiger partial charge in [-0.05, 0) is 44.9 Å². The molecule has 1 aliphatic rings. The van der Waals surface area contributed by atoms with Gasteiger partial charge in [0, 0.05) is 18.1 Å². The molecular formula is C16H19ClN2O4S. The van der Waals surface area contributed by atoms with E-state index >= 15 is 0 Å². The van der Waals surface area contributed by atoms with Crippen LogP contribution in [0.4, 0.5) is 0 Å². The van der Waals surface area contributed by atoms with E-state index in [-0.39, 0.29) is 11.0 Å². The summed E-state index contributed by atoms with van der Waals surface area (Å²) in [5.74, 6) is 1.03. The zero-order valence-corrected chi connectivity index (χ0v) is 15.1. The smallest absolute Gasteiger partial charge is 0.248 e. The third-order valence-corrected chi connectivity index (χ3v) is 6.44. The Morgan fingerprint density at radius 3 is 2.58 bits per heavy atom. The summed E-state index contributed by atoms with van der Waals surface area (Å²) >= 11 is 5.95. The number of nitrogens with zero attached hydrogens (tertiary/aromatic N) is 2. The number of sulfonamides is 1. The van der Waals surface area contributed by atoms with Crippen LogP contribution in [0.1, 0.15) is 24.3 Å². The van der Waals surface area contributed by atoms with Gasteiger partial charge in [-0.1, -0.05) is 22.8 Å². The van der Waals surface area contributed by atoms with Gasteiger partial charge in [0.1, 0.15) is 22.4 Å². The summed E-state index contributed by atoms with van der Waals surface area (Å²) in [6.45, 7) is 4.05. The van der Waals surface area contributed by atoms with Gasteiger partial charge in [-0.15, -0.1) is 0 Å². The maximum atomic E-state index is 12.8. The molecule has 24 heavy (non-hydrogen) atoms. The van der Waals surface area contributed by atoms with Crippen LogP contribution in [0, 0.1) is 13.8 Å². The van der Waals surface area contributed by atoms with Gasteiger partial charge in [-0.2, -0.15) is 4.31 Å². The Morgan fingerprint density at radius 2 is 2.00 bits per heavy atom. The number of ether oxygens (including phenoxy) is 1. The van der Waals surface area contributed by atoms with Gasteiger partial charge < -0.3 is 9.26 Å². The Labute approximate surface area is 146 Å². The lowest BCUT2D eigenvalue weighted by Gasteiger charge is -2.31. The highest BCUT2D eigenvalue weighted by Gasteiger charge is 2.34. The molecule has 6 nitrogen and oxygen atoms in total. The summed E-state index contributed by atoms with van der Waals surface area (Å²) < 4.78 is 37.9. The number of hydrogen-bond donors (Lipinski definition) is 0. The van der Waals surface area contributed by atoms with Crippen LogP contribution in [0.3, 0.4) is 0 Å². The van der Waals surface area contributed by atoms with Crippen LogP contribution in [-0.4, -0.2) is 37.1 Å². The highest BCUT2D eigenvalue weighted by atomic mass is 35.5. The fourth-order valence-corrected chi connectivity index (χ4v) is 4.84. The molecule has 0 saturated carbocycles. The van der Waals surface area contributed by atoms with Crippen molar-refractivity contribution in [2.75, 3.05) is 13.1 Å². The molecule has 0 bridgehead atoms. The summed E-state index contributed by atoms with van der Waals surface area (Å²) in [4.78, 5) is 0.178. The minimum absolute atomic E-state index is 0.0282. The molecule has 1 saturated heterocycles. The van der Waals surface area contributed by atoms with Crippen LogP contribution in [0.15, 0.2) is 33.7 Å². The molecule has 1 fully saturated rings. The van der Waals surface area contributed by atoms with Crippen molar-refractivity contribution in [1.82, 2.24) is 9.46 Å². The summed E-state index contributed by atoms with van der Waals surface area (Å²) in [7, 11) is -3.58. The lowest BCUT2D eigenvalue weighted by molar-refractivity contribution is 0.135. The predicted octanol–water partition coefficient (Wildman–Crippen LogP) is 3.18. The summed E-state index contributed by atoms with van der Waals surface area (Å²) in [5, 5.41) is 4.35. The average molecular weight is 371 g/mol. The van der Waals surface area contributed by atoms with Crippen molar-refractivity contribution in [3.63, 3.8) is 0 Å². The molecule has 1 aromatic carbocycles. The van der Waals surface area contributed by atoms with Crippen LogP contribution >= 0.6 is 11.6 Å².